The number of carbonyl (C=O) groups is 11. The SMILES string of the molecule is CC1CC(C(=O)C2C(=O)OC(C)(C)OC2=O)CCN1C(=O)OC(C)(C)C.CC1CC(C(=O)O)CCN1C.COC(=O)C1CCN(C(=O)OCc2ccccc2)C(C)C1.COC(=O)C1CCN(C)C(C)C1.COC(=O)C1CCNC(C)C1.COC(=O)c1ccnc(C)c1.Cc1cc(C(=O)O)ccn1.Cc1ccnc(C)c1. The second kappa shape index (κ2) is 46.9. The average molecular weight is 1540 g/mol. The minimum absolute atomic E-state index is 0.0221. The molecular formula is C81H120N8O21. The molecule has 6 aliphatic heterocycles. The van der Waals surface area contributed by atoms with E-state index in [0.717, 1.165) is 80.8 Å². The summed E-state index contributed by atoms with van der Waals surface area (Å²) in [4.78, 5) is 146. The van der Waals surface area contributed by atoms with Gasteiger partial charge in [0, 0.05) is 98.7 Å². The number of cyclic esters (lactones) is 2. The number of ether oxygens (including phenoxy) is 8. The van der Waals surface area contributed by atoms with Gasteiger partial charge in [0.15, 0.2) is 5.78 Å². The number of pyridine rings is 3. The number of nitrogens with zero attached hydrogens (tertiary/aromatic N) is 7. The van der Waals surface area contributed by atoms with E-state index in [4.69, 9.17) is 38.6 Å². The molecule has 6 fully saturated rings. The van der Waals surface area contributed by atoms with Crippen LogP contribution in [0.3, 0.4) is 0 Å². The first-order valence-electron chi connectivity index (χ1n) is 37.3. The molecule has 10 rings (SSSR count). The van der Waals surface area contributed by atoms with Crippen molar-refractivity contribution in [3.8, 4) is 0 Å². The average Bonchev–Trinajstić information content (AvgIpc) is 0.787. The molecule has 29 nitrogen and oxygen atoms in total. The Morgan fingerprint density at radius 2 is 0.964 bits per heavy atom. The molecule has 0 spiro atoms. The fraction of sp³-hybridized carbons (Fsp3) is 0.605. The number of aromatic carboxylic acids is 1. The van der Waals surface area contributed by atoms with E-state index < -0.39 is 59.0 Å². The minimum atomic E-state index is -1.55. The third-order valence-electron chi connectivity index (χ3n) is 19.2. The molecule has 10 atom stereocenters. The Balaban J connectivity index is 0.000000337. The van der Waals surface area contributed by atoms with Crippen LogP contribution in [0.1, 0.15) is 182 Å². The first-order valence-corrected chi connectivity index (χ1v) is 37.3. The summed E-state index contributed by atoms with van der Waals surface area (Å²) in [7, 11) is 9.81. The molecule has 2 amide bonds. The number of methoxy groups -OCH3 is 4. The van der Waals surface area contributed by atoms with Crippen LogP contribution >= 0.6 is 0 Å². The number of carbonyl (C=O) groups excluding carboxylic acids is 9. The summed E-state index contributed by atoms with van der Waals surface area (Å²) in [6.45, 7) is 29.9. The number of esters is 6. The molecule has 0 radical (unpaired) electrons. The molecule has 29 heteroatoms. The van der Waals surface area contributed by atoms with Crippen LogP contribution < -0.4 is 5.32 Å². The molecule has 3 aromatic heterocycles. The number of rotatable bonds is 10. The number of aryl methyl sites for hydroxylation is 4. The fourth-order valence-corrected chi connectivity index (χ4v) is 12.7. The maximum atomic E-state index is 12.7. The summed E-state index contributed by atoms with van der Waals surface area (Å²) < 4.78 is 39.4. The zero-order chi connectivity index (χ0) is 82.8. The van der Waals surface area contributed by atoms with Gasteiger partial charge in [0.25, 0.3) is 5.79 Å². The molecular weight excluding hydrogens is 1420 g/mol. The predicted molar refractivity (Wildman–Crippen MR) is 409 cm³/mol. The van der Waals surface area contributed by atoms with E-state index in [1.54, 1.807) is 55.8 Å². The number of hydrogen-bond donors (Lipinski definition) is 3. The van der Waals surface area contributed by atoms with Crippen molar-refractivity contribution in [1.82, 2.24) is 39.9 Å². The third kappa shape index (κ3) is 33.8. The van der Waals surface area contributed by atoms with Gasteiger partial charge in [0.1, 0.15) is 12.2 Å². The monoisotopic (exact) mass is 1540 g/mol. The lowest BCUT2D eigenvalue weighted by Crippen LogP contribution is -2.53. The Morgan fingerprint density at radius 3 is 1.38 bits per heavy atom. The third-order valence-corrected chi connectivity index (χ3v) is 19.2. The van der Waals surface area contributed by atoms with E-state index in [9.17, 15) is 52.7 Å². The highest BCUT2D eigenvalue weighted by atomic mass is 16.7. The van der Waals surface area contributed by atoms with Crippen LogP contribution in [0.25, 0.3) is 0 Å². The molecule has 0 saturated carbocycles. The van der Waals surface area contributed by atoms with Gasteiger partial charge < -0.3 is 73.0 Å². The number of aromatic nitrogens is 3. The summed E-state index contributed by atoms with van der Waals surface area (Å²) in [6, 6.07) is 21.0. The van der Waals surface area contributed by atoms with Crippen LogP contribution in [-0.4, -0.2) is 227 Å². The largest absolute Gasteiger partial charge is 0.481 e. The molecule has 10 unspecified atom stereocenters. The van der Waals surface area contributed by atoms with Crippen molar-refractivity contribution in [3.05, 3.63) is 125 Å². The van der Waals surface area contributed by atoms with Crippen LogP contribution in [0.15, 0.2) is 85.3 Å². The normalized spacial score (nSPS) is 22.9. The van der Waals surface area contributed by atoms with Crippen LogP contribution in [0.2, 0.25) is 0 Å². The lowest BCUT2D eigenvalue weighted by Gasteiger charge is -2.39. The summed E-state index contributed by atoms with van der Waals surface area (Å²) in [5, 5.41) is 20.5. The number of Topliss-reactive ketones (excluding diaryl/α,β-unsaturated/α-hetero) is 1. The van der Waals surface area contributed by atoms with Crippen LogP contribution in [-0.2, 0) is 78.1 Å². The molecule has 9 heterocycles. The molecule has 110 heavy (non-hydrogen) atoms. The summed E-state index contributed by atoms with van der Waals surface area (Å²) in [5.41, 5.74) is 5.08. The van der Waals surface area contributed by atoms with E-state index in [1.165, 1.54) is 66.2 Å². The van der Waals surface area contributed by atoms with Crippen LogP contribution in [0.4, 0.5) is 9.59 Å². The number of aliphatic carboxylic acids is 1. The Hall–Kier alpha value is -9.48. The molecule has 0 aliphatic carbocycles. The van der Waals surface area contributed by atoms with Crippen molar-refractivity contribution in [1.29, 1.82) is 0 Å². The topological polar surface area (TPSA) is 366 Å². The Morgan fingerprint density at radius 1 is 0.536 bits per heavy atom. The van der Waals surface area contributed by atoms with Crippen molar-refractivity contribution < 1.29 is 101 Å². The molecule has 0 bridgehead atoms. The van der Waals surface area contributed by atoms with Crippen molar-refractivity contribution in [2.75, 3.05) is 75.3 Å². The fourth-order valence-electron chi connectivity index (χ4n) is 12.7. The van der Waals surface area contributed by atoms with Gasteiger partial charge in [-0.25, -0.2) is 19.2 Å². The number of hydrogen-bond acceptors (Lipinski definition) is 25. The molecule has 610 valence electrons. The smallest absolute Gasteiger partial charge is 0.410 e. The van der Waals surface area contributed by atoms with Crippen LogP contribution in [0.5, 0.6) is 0 Å². The van der Waals surface area contributed by atoms with Crippen LogP contribution in [0, 0.1) is 63.2 Å². The van der Waals surface area contributed by atoms with E-state index in [-0.39, 0.29) is 77.9 Å². The van der Waals surface area contributed by atoms with Gasteiger partial charge in [-0.05, 0) is 229 Å². The van der Waals surface area contributed by atoms with Gasteiger partial charge in [0.05, 0.1) is 63.2 Å². The second-order valence-corrected chi connectivity index (χ2v) is 29.9. The van der Waals surface area contributed by atoms with Crippen molar-refractivity contribution >= 4 is 65.7 Å². The number of carboxylic acids is 2. The number of piperidine rings is 5. The summed E-state index contributed by atoms with van der Waals surface area (Å²) in [6.07, 6.45) is 11.4. The maximum Gasteiger partial charge on any atom is 0.410 e. The first kappa shape index (κ1) is 94.7. The number of nitrogens with one attached hydrogen (secondary N) is 1. The standard InChI is InChI=1S/C18H27NO7.C16H21NO4.C9H17NO2.C8H15NO2.C8H9NO2.C8H15NO2.C7H7NO2.C7H9N/c1-10-9-11(7-8-19(10)16(23)26-17(2,3)4)13(20)12-14(21)24-18(5,6)25-15(12)22;1-12-10-14(15(18)20-2)8-9-17(12)16(19)21-11-13-6-4-3-5-7-13;1-7-6-8(9(11)12-3)4-5-10(7)2;2*1-6-5-7(3-4-9-6)8(10)11-2;1-6-5-7(8(10)11)3-4-9(6)2;1-5-4-6(7(9)10)2-3-8-5;1-6-3-4-8-7(2)5-6/h10-12H,7-9H2,1-6H3;3-7,12,14H,8-11H2,1-2H3;7-8H,4-6H2,1-3H3;6-7,9H,3-5H2,1-2H3;3-5H,1-2H3;6-7H,3-5H2,1-2H3,(H,10,11);2-4H,1H3,(H,9,10);3-5H,1-2H3. The molecule has 4 aromatic rings. The lowest BCUT2D eigenvalue weighted by atomic mass is 9.82. The van der Waals surface area contributed by atoms with Gasteiger partial charge in [-0.2, -0.15) is 0 Å². The number of amides is 2. The van der Waals surface area contributed by atoms with Gasteiger partial charge >= 0.3 is 59.9 Å². The lowest BCUT2D eigenvalue weighted by molar-refractivity contribution is -0.239. The van der Waals surface area contributed by atoms with E-state index in [1.807, 2.05) is 77.3 Å². The molecule has 3 N–H and O–H groups in total. The van der Waals surface area contributed by atoms with E-state index in [0.29, 0.717) is 62.5 Å². The Labute approximate surface area is 648 Å². The van der Waals surface area contributed by atoms with Crippen molar-refractivity contribution in [2.45, 2.75) is 209 Å². The summed E-state index contributed by atoms with van der Waals surface area (Å²) in [5.74, 6) is -7.84. The van der Waals surface area contributed by atoms with Gasteiger partial charge in [-0.1, -0.05) is 30.3 Å². The number of ketones is 1. The second-order valence-electron chi connectivity index (χ2n) is 29.9. The Bertz CT molecular complexity index is 3590. The maximum absolute atomic E-state index is 12.7. The van der Waals surface area contributed by atoms with Crippen molar-refractivity contribution in [2.24, 2.45) is 35.5 Å². The highest BCUT2D eigenvalue weighted by Gasteiger charge is 2.50. The zero-order valence-corrected chi connectivity index (χ0v) is 68.0. The highest BCUT2D eigenvalue weighted by Crippen LogP contribution is 2.32. The number of benzene rings is 1. The number of likely N-dealkylation sites (tertiary alicyclic amines) is 4. The van der Waals surface area contributed by atoms with Gasteiger partial charge in [-0.15, -0.1) is 0 Å². The predicted octanol–water partition coefficient (Wildman–Crippen LogP) is 10.8. The highest BCUT2D eigenvalue weighted by molar-refractivity contribution is 6.16. The van der Waals surface area contributed by atoms with Gasteiger partial charge in [0.2, 0.25) is 5.92 Å². The van der Waals surface area contributed by atoms with Gasteiger partial charge in [-0.3, -0.25) is 48.5 Å². The molecule has 6 aliphatic rings. The molecule has 6 saturated heterocycles. The molecule has 1 aromatic carbocycles. The first-order chi connectivity index (χ1) is 51.6. The zero-order valence-electron chi connectivity index (χ0n) is 68.0. The minimum Gasteiger partial charge on any atom is -0.481 e. The number of carboxylic acid groups (broad SMARTS) is 2. The van der Waals surface area contributed by atoms with E-state index >= 15 is 0 Å². The quantitative estimate of drug-likeness (QED) is 0.0754. The summed E-state index contributed by atoms with van der Waals surface area (Å²) >= 11 is 0. The van der Waals surface area contributed by atoms with Crippen molar-refractivity contribution in [3.63, 3.8) is 0 Å². The Kier molecular flexibility index (Phi) is 40.4. The van der Waals surface area contributed by atoms with E-state index in [2.05, 4.69) is 80.4 Å².